The Morgan fingerprint density at radius 1 is 1.50 bits per heavy atom. The molecule has 0 atom stereocenters. The minimum absolute atomic E-state index is 0.812. The molecule has 1 rings (SSSR count). The first kappa shape index (κ1) is 7.41. The Morgan fingerprint density at radius 2 is 2.30 bits per heavy atom. The second-order valence-corrected chi connectivity index (χ2v) is 2.64. The van der Waals surface area contributed by atoms with E-state index in [-0.39, 0.29) is 0 Å². The molecule has 10 heavy (non-hydrogen) atoms. The van der Waals surface area contributed by atoms with Crippen LogP contribution in [-0.4, -0.2) is 18.3 Å². The van der Waals surface area contributed by atoms with Gasteiger partial charge in [-0.05, 0) is 12.3 Å². The third-order valence-electron chi connectivity index (χ3n) is 1.16. The summed E-state index contributed by atoms with van der Waals surface area (Å²) in [6.45, 7) is 0. The van der Waals surface area contributed by atoms with Gasteiger partial charge in [-0.1, -0.05) is 0 Å². The number of aromatic nitrogens is 1. The molecular formula is C7H9NOS. The van der Waals surface area contributed by atoms with E-state index in [0.717, 1.165) is 10.6 Å². The molecule has 1 heterocycles. The maximum Gasteiger partial charge on any atom is 0.138 e. The summed E-state index contributed by atoms with van der Waals surface area (Å²) in [6.07, 6.45) is 5.52. The zero-order chi connectivity index (χ0) is 7.40. The smallest absolute Gasteiger partial charge is 0.138 e. The van der Waals surface area contributed by atoms with Crippen LogP contribution in [0.5, 0.6) is 5.75 Å². The van der Waals surface area contributed by atoms with Gasteiger partial charge in [0.1, 0.15) is 5.75 Å². The lowest BCUT2D eigenvalue weighted by Gasteiger charge is -1.99. The first-order valence-corrected chi connectivity index (χ1v) is 4.12. The van der Waals surface area contributed by atoms with E-state index in [1.165, 1.54) is 0 Å². The molecule has 0 radical (unpaired) electrons. The van der Waals surface area contributed by atoms with E-state index < -0.39 is 0 Å². The van der Waals surface area contributed by atoms with Crippen LogP contribution in [0.1, 0.15) is 0 Å². The zero-order valence-electron chi connectivity index (χ0n) is 6.00. The Bertz CT molecular complexity index is 195. The minimum Gasteiger partial charge on any atom is -0.495 e. The van der Waals surface area contributed by atoms with Crippen LogP contribution in [0.2, 0.25) is 0 Å². The molecule has 2 nitrogen and oxygen atoms in total. The van der Waals surface area contributed by atoms with E-state index >= 15 is 0 Å². The third kappa shape index (κ3) is 1.64. The SMILES string of the molecule is COc1cncc(SC)c1. The van der Waals surface area contributed by atoms with Gasteiger partial charge in [0.15, 0.2) is 0 Å². The maximum absolute atomic E-state index is 4.98. The molecule has 0 aliphatic rings. The van der Waals surface area contributed by atoms with Crippen molar-refractivity contribution < 1.29 is 4.74 Å². The summed E-state index contributed by atoms with van der Waals surface area (Å²) in [6, 6.07) is 1.96. The first-order valence-electron chi connectivity index (χ1n) is 2.90. The van der Waals surface area contributed by atoms with Crippen LogP contribution in [0.25, 0.3) is 0 Å². The van der Waals surface area contributed by atoms with Crippen LogP contribution < -0.4 is 4.74 Å². The first-order chi connectivity index (χ1) is 4.86. The number of thioether (sulfide) groups is 1. The van der Waals surface area contributed by atoms with Gasteiger partial charge in [-0.25, -0.2) is 0 Å². The summed E-state index contributed by atoms with van der Waals surface area (Å²) in [5, 5.41) is 0. The number of hydrogen-bond donors (Lipinski definition) is 0. The summed E-state index contributed by atoms with van der Waals surface area (Å²) in [5.74, 6) is 0.812. The highest BCUT2D eigenvalue weighted by molar-refractivity contribution is 7.98. The average molecular weight is 155 g/mol. The lowest BCUT2D eigenvalue weighted by atomic mass is 10.5. The minimum atomic E-state index is 0.812. The van der Waals surface area contributed by atoms with Crippen molar-refractivity contribution in [2.45, 2.75) is 4.90 Å². The van der Waals surface area contributed by atoms with E-state index in [1.807, 2.05) is 18.5 Å². The van der Waals surface area contributed by atoms with Gasteiger partial charge in [0.05, 0.1) is 13.3 Å². The predicted octanol–water partition coefficient (Wildman–Crippen LogP) is 1.81. The number of nitrogens with zero attached hydrogens (tertiary/aromatic N) is 1. The molecule has 3 heteroatoms. The van der Waals surface area contributed by atoms with Crippen molar-refractivity contribution in [1.29, 1.82) is 0 Å². The van der Waals surface area contributed by atoms with Crippen molar-refractivity contribution in [3.63, 3.8) is 0 Å². The second-order valence-electron chi connectivity index (χ2n) is 1.76. The van der Waals surface area contributed by atoms with Gasteiger partial charge < -0.3 is 4.74 Å². The zero-order valence-corrected chi connectivity index (χ0v) is 6.81. The summed E-state index contributed by atoms with van der Waals surface area (Å²) < 4.78 is 4.98. The van der Waals surface area contributed by atoms with Crippen molar-refractivity contribution in [1.82, 2.24) is 4.98 Å². The van der Waals surface area contributed by atoms with E-state index in [1.54, 1.807) is 25.1 Å². The van der Waals surface area contributed by atoms with Crippen molar-refractivity contribution in [3.05, 3.63) is 18.5 Å². The summed E-state index contributed by atoms with van der Waals surface area (Å²) in [5.41, 5.74) is 0. The molecule has 54 valence electrons. The Labute approximate surface area is 64.6 Å². The molecule has 0 fully saturated rings. The summed E-state index contributed by atoms with van der Waals surface area (Å²) in [4.78, 5) is 5.10. The van der Waals surface area contributed by atoms with Crippen LogP contribution in [0.3, 0.4) is 0 Å². The molecule has 0 spiro atoms. The van der Waals surface area contributed by atoms with Crippen molar-refractivity contribution >= 4 is 11.8 Å². The molecule has 0 aromatic carbocycles. The van der Waals surface area contributed by atoms with Crippen molar-refractivity contribution in [2.24, 2.45) is 0 Å². The molecule has 0 saturated carbocycles. The van der Waals surface area contributed by atoms with Crippen LogP contribution in [0.15, 0.2) is 23.4 Å². The van der Waals surface area contributed by atoms with E-state index in [2.05, 4.69) is 4.98 Å². The van der Waals surface area contributed by atoms with Gasteiger partial charge in [0.2, 0.25) is 0 Å². The van der Waals surface area contributed by atoms with Gasteiger partial charge in [-0.3, -0.25) is 4.98 Å². The van der Waals surface area contributed by atoms with E-state index in [9.17, 15) is 0 Å². The summed E-state index contributed by atoms with van der Waals surface area (Å²) >= 11 is 1.66. The quantitative estimate of drug-likeness (QED) is 0.608. The standard InChI is InChI=1S/C7H9NOS/c1-9-6-3-7(10-2)5-8-4-6/h3-5H,1-2H3. The Hall–Kier alpha value is -0.700. The highest BCUT2D eigenvalue weighted by Gasteiger charge is 1.92. The lowest BCUT2D eigenvalue weighted by molar-refractivity contribution is 0.411. The molecule has 0 bridgehead atoms. The number of ether oxygens (including phenoxy) is 1. The molecule has 1 aromatic heterocycles. The van der Waals surface area contributed by atoms with Crippen LogP contribution in [0.4, 0.5) is 0 Å². The fourth-order valence-electron chi connectivity index (χ4n) is 0.622. The molecule has 0 unspecified atom stereocenters. The van der Waals surface area contributed by atoms with Crippen molar-refractivity contribution in [3.8, 4) is 5.75 Å². The normalized spacial score (nSPS) is 9.40. The Balaban J connectivity index is 2.87. The van der Waals surface area contributed by atoms with Gasteiger partial charge in [0.25, 0.3) is 0 Å². The van der Waals surface area contributed by atoms with Crippen LogP contribution in [-0.2, 0) is 0 Å². The third-order valence-corrected chi connectivity index (χ3v) is 1.85. The van der Waals surface area contributed by atoms with E-state index in [4.69, 9.17) is 4.74 Å². The fraction of sp³-hybridized carbons (Fsp3) is 0.286. The monoisotopic (exact) mass is 155 g/mol. The topological polar surface area (TPSA) is 22.1 Å². The lowest BCUT2D eigenvalue weighted by Crippen LogP contribution is -1.83. The largest absolute Gasteiger partial charge is 0.495 e. The molecule has 0 saturated heterocycles. The average Bonchev–Trinajstić information content (AvgIpc) is 2.05. The molecule has 1 aromatic rings. The Morgan fingerprint density at radius 3 is 2.90 bits per heavy atom. The predicted molar refractivity (Wildman–Crippen MR) is 42.6 cm³/mol. The second kappa shape index (κ2) is 3.46. The van der Waals surface area contributed by atoms with Crippen LogP contribution >= 0.6 is 11.8 Å². The van der Waals surface area contributed by atoms with Gasteiger partial charge >= 0.3 is 0 Å². The molecule has 0 N–H and O–H groups in total. The number of methoxy groups -OCH3 is 1. The Kier molecular flexibility index (Phi) is 2.57. The highest BCUT2D eigenvalue weighted by atomic mass is 32.2. The molecule has 0 aliphatic heterocycles. The number of hydrogen-bond acceptors (Lipinski definition) is 3. The number of pyridine rings is 1. The van der Waals surface area contributed by atoms with Crippen molar-refractivity contribution in [2.75, 3.05) is 13.4 Å². The number of rotatable bonds is 2. The fourth-order valence-corrected chi connectivity index (χ4v) is 1.02. The van der Waals surface area contributed by atoms with Gasteiger partial charge in [-0.15, -0.1) is 11.8 Å². The highest BCUT2D eigenvalue weighted by Crippen LogP contribution is 2.17. The van der Waals surface area contributed by atoms with Crippen LogP contribution in [0, 0.1) is 0 Å². The summed E-state index contributed by atoms with van der Waals surface area (Å²) in [7, 11) is 1.64. The van der Waals surface area contributed by atoms with Gasteiger partial charge in [0, 0.05) is 11.1 Å². The van der Waals surface area contributed by atoms with E-state index in [0.29, 0.717) is 0 Å². The molecule has 0 amide bonds. The molecule has 0 aliphatic carbocycles. The molecular weight excluding hydrogens is 146 g/mol. The van der Waals surface area contributed by atoms with Gasteiger partial charge in [-0.2, -0.15) is 0 Å². The maximum atomic E-state index is 4.98.